The van der Waals surface area contributed by atoms with Crippen molar-refractivity contribution < 1.29 is 9.90 Å². The molecule has 1 amide bonds. The molecule has 140 valence electrons. The molecular formula is C19H18Cl2N4O2. The molecule has 0 unspecified atom stereocenters. The fourth-order valence-electron chi connectivity index (χ4n) is 2.52. The zero-order valence-electron chi connectivity index (χ0n) is 14.5. The number of aromatic hydroxyl groups is 1. The molecule has 27 heavy (non-hydrogen) atoms. The van der Waals surface area contributed by atoms with Crippen LogP contribution in [-0.4, -0.2) is 20.8 Å². The third-order valence-corrected chi connectivity index (χ3v) is 4.53. The third-order valence-electron chi connectivity index (χ3n) is 3.94. The van der Waals surface area contributed by atoms with E-state index in [-0.39, 0.29) is 17.9 Å². The monoisotopic (exact) mass is 404 g/mol. The molecule has 6 nitrogen and oxygen atoms in total. The van der Waals surface area contributed by atoms with Crippen molar-refractivity contribution in [1.82, 2.24) is 15.1 Å². The summed E-state index contributed by atoms with van der Waals surface area (Å²) in [5.41, 5.74) is 2.49. The minimum atomic E-state index is -0.394. The minimum absolute atomic E-state index is 0.110. The molecule has 0 spiro atoms. The van der Waals surface area contributed by atoms with Gasteiger partial charge in [0.25, 0.3) is 5.91 Å². The van der Waals surface area contributed by atoms with Gasteiger partial charge in [0.15, 0.2) is 0 Å². The summed E-state index contributed by atoms with van der Waals surface area (Å²) in [5, 5.41) is 21.3. The number of aryl methyl sites for hydroxylation is 1. The summed E-state index contributed by atoms with van der Waals surface area (Å²) in [7, 11) is 1.85. The van der Waals surface area contributed by atoms with Crippen molar-refractivity contribution >= 4 is 34.8 Å². The first-order valence-corrected chi connectivity index (χ1v) is 8.95. The molecule has 2 aromatic carbocycles. The van der Waals surface area contributed by atoms with Crippen LogP contribution in [0.2, 0.25) is 10.0 Å². The average Bonchev–Trinajstić information content (AvgIpc) is 3.04. The van der Waals surface area contributed by atoms with Gasteiger partial charge in [0, 0.05) is 41.6 Å². The molecule has 0 saturated heterocycles. The van der Waals surface area contributed by atoms with Crippen LogP contribution in [0.15, 0.2) is 48.7 Å². The maximum absolute atomic E-state index is 12.3. The van der Waals surface area contributed by atoms with E-state index >= 15 is 0 Å². The zero-order valence-corrected chi connectivity index (χ0v) is 16.1. The number of aromatic nitrogens is 2. The number of nitrogens with zero attached hydrogens (tertiary/aromatic N) is 2. The van der Waals surface area contributed by atoms with E-state index < -0.39 is 5.91 Å². The van der Waals surface area contributed by atoms with Crippen LogP contribution < -0.4 is 10.6 Å². The lowest BCUT2D eigenvalue weighted by atomic mass is 10.1. The fourth-order valence-corrected chi connectivity index (χ4v) is 2.99. The molecule has 0 bridgehead atoms. The van der Waals surface area contributed by atoms with E-state index in [0.717, 1.165) is 11.3 Å². The molecule has 0 aliphatic carbocycles. The molecule has 1 aromatic heterocycles. The summed E-state index contributed by atoms with van der Waals surface area (Å²) in [6.45, 7) is 0.745. The number of hydrogen-bond acceptors (Lipinski definition) is 4. The smallest absolute Gasteiger partial charge is 0.255 e. The molecule has 0 fully saturated rings. The van der Waals surface area contributed by atoms with E-state index in [1.807, 2.05) is 19.3 Å². The number of phenols is 1. The lowest BCUT2D eigenvalue weighted by Gasteiger charge is -2.10. The van der Waals surface area contributed by atoms with Gasteiger partial charge in [-0.05, 0) is 35.9 Å². The van der Waals surface area contributed by atoms with Gasteiger partial charge in [-0.1, -0.05) is 29.3 Å². The van der Waals surface area contributed by atoms with E-state index in [2.05, 4.69) is 15.7 Å². The average molecular weight is 405 g/mol. The SMILES string of the molecule is Cn1ccc(CNc2ccc(C(=O)NCc3ccc(Cl)cc3Cl)c(O)c2)n1. The van der Waals surface area contributed by atoms with Gasteiger partial charge in [0.1, 0.15) is 5.75 Å². The topological polar surface area (TPSA) is 79.2 Å². The predicted molar refractivity (Wildman–Crippen MR) is 106 cm³/mol. The Morgan fingerprint density at radius 2 is 1.96 bits per heavy atom. The van der Waals surface area contributed by atoms with Gasteiger partial charge in [0.2, 0.25) is 0 Å². The second-order valence-electron chi connectivity index (χ2n) is 5.98. The molecule has 0 aliphatic heterocycles. The van der Waals surface area contributed by atoms with Crippen molar-refractivity contribution in [2.75, 3.05) is 5.32 Å². The van der Waals surface area contributed by atoms with Crippen molar-refractivity contribution in [2.45, 2.75) is 13.1 Å². The first-order chi connectivity index (χ1) is 12.9. The van der Waals surface area contributed by atoms with Gasteiger partial charge < -0.3 is 15.7 Å². The van der Waals surface area contributed by atoms with Crippen LogP contribution in [0.3, 0.4) is 0 Å². The number of hydrogen-bond donors (Lipinski definition) is 3. The molecule has 8 heteroatoms. The van der Waals surface area contributed by atoms with Crippen LogP contribution >= 0.6 is 23.2 Å². The Hall–Kier alpha value is -2.70. The highest BCUT2D eigenvalue weighted by Gasteiger charge is 2.12. The summed E-state index contributed by atoms with van der Waals surface area (Å²) in [6, 6.07) is 11.8. The summed E-state index contributed by atoms with van der Waals surface area (Å²) >= 11 is 12.0. The molecular weight excluding hydrogens is 387 g/mol. The Kier molecular flexibility index (Phi) is 5.88. The number of anilines is 1. The molecule has 1 heterocycles. The highest BCUT2D eigenvalue weighted by atomic mass is 35.5. The Bertz CT molecular complexity index is 972. The molecule has 0 aliphatic rings. The first-order valence-electron chi connectivity index (χ1n) is 8.20. The number of rotatable bonds is 6. The van der Waals surface area contributed by atoms with Crippen LogP contribution in [0.25, 0.3) is 0 Å². The molecule has 3 aromatic rings. The highest BCUT2D eigenvalue weighted by Crippen LogP contribution is 2.24. The maximum atomic E-state index is 12.3. The Morgan fingerprint density at radius 3 is 2.63 bits per heavy atom. The van der Waals surface area contributed by atoms with Gasteiger partial charge in [0.05, 0.1) is 17.8 Å². The Balaban J connectivity index is 1.61. The number of halogens is 2. The quantitative estimate of drug-likeness (QED) is 0.580. The largest absolute Gasteiger partial charge is 0.507 e. The van der Waals surface area contributed by atoms with Crippen LogP contribution in [0, 0.1) is 0 Å². The first kappa shape index (κ1) is 19.1. The molecule has 0 saturated carbocycles. The van der Waals surface area contributed by atoms with E-state index in [1.54, 1.807) is 35.0 Å². The maximum Gasteiger partial charge on any atom is 0.255 e. The van der Waals surface area contributed by atoms with Gasteiger partial charge in [-0.3, -0.25) is 9.48 Å². The molecule has 3 N–H and O–H groups in total. The standard InChI is InChI=1S/C19H18Cl2N4O2/c1-25-7-6-15(24-25)11-22-14-4-5-16(18(26)9-14)19(27)23-10-12-2-3-13(20)8-17(12)21/h2-9,22,26H,10-11H2,1H3,(H,23,27). The number of carbonyl (C=O) groups is 1. The van der Waals surface area contributed by atoms with Crippen molar-refractivity contribution in [3.05, 3.63) is 75.5 Å². The van der Waals surface area contributed by atoms with E-state index in [1.165, 1.54) is 6.07 Å². The highest BCUT2D eigenvalue weighted by molar-refractivity contribution is 6.35. The second kappa shape index (κ2) is 8.33. The number of nitrogens with one attached hydrogen (secondary N) is 2. The Morgan fingerprint density at radius 1 is 1.15 bits per heavy atom. The minimum Gasteiger partial charge on any atom is -0.507 e. The summed E-state index contributed by atoms with van der Waals surface area (Å²) < 4.78 is 1.72. The lowest BCUT2D eigenvalue weighted by Crippen LogP contribution is -2.23. The summed E-state index contributed by atoms with van der Waals surface area (Å²) in [4.78, 5) is 12.3. The van der Waals surface area contributed by atoms with Crippen LogP contribution in [0.4, 0.5) is 5.69 Å². The van der Waals surface area contributed by atoms with Gasteiger partial charge in [-0.2, -0.15) is 5.10 Å². The van der Waals surface area contributed by atoms with Crippen LogP contribution in [0.1, 0.15) is 21.6 Å². The van der Waals surface area contributed by atoms with Crippen molar-refractivity contribution in [3.63, 3.8) is 0 Å². The number of carbonyl (C=O) groups excluding carboxylic acids is 1. The number of phenolic OH excluding ortho intramolecular Hbond substituents is 1. The zero-order chi connectivity index (χ0) is 19.4. The lowest BCUT2D eigenvalue weighted by molar-refractivity contribution is 0.0948. The summed E-state index contributed by atoms with van der Waals surface area (Å²) in [6.07, 6.45) is 1.86. The normalized spacial score (nSPS) is 10.6. The van der Waals surface area contributed by atoms with Crippen molar-refractivity contribution in [3.8, 4) is 5.75 Å². The van der Waals surface area contributed by atoms with Crippen LogP contribution in [-0.2, 0) is 20.1 Å². The Labute approximate surface area is 166 Å². The van der Waals surface area contributed by atoms with Crippen LogP contribution in [0.5, 0.6) is 5.75 Å². The molecule has 0 atom stereocenters. The second-order valence-corrected chi connectivity index (χ2v) is 6.83. The van der Waals surface area contributed by atoms with Gasteiger partial charge >= 0.3 is 0 Å². The number of amides is 1. The van der Waals surface area contributed by atoms with Gasteiger partial charge in [-0.25, -0.2) is 0 Å². The molecule has 3 rings (SSSR count). The third kappa shape index (κ3) is 4.93. The van der Waals surface area contributed by atoms with E-state index in [4.69, 9.17) is 23.2 Å². The van der Waals surface area contributed by atoms with E-state index in [9.17, 15) is 9.90 Å². The summed E-state index contributed by atoms with van der Waals surface area (Å²) in [5.74, 6) is -0.504. The predicted octanol–water partition coefficient (Wildman–Crippen LogP) is 3.97. The van der Waals surface area contributed by atoms with Crippen molar-refractivity contribution in [2.24, 2.45) is 7.05 Å². The van der Waals surface area contributed by atoms with Gasteiger partial charge in [-0.15, -0.1) is 0 Å². The van der Waals surface area contributed by atoms with Crippen molar-refractivity contribution in [1.29, 1.82) is 0 Å². The fraction of sp³-hybridized carbons (Fsp3) is 0.158. The molecule has 0 radical (unpaired) electrons. The van der Waals surface area contributed by atoms with E-state index in [0.29, 0.717) is 22.3 Å². The number of benzene rings is 2.